The van der Waals surface area contributed by atoms with Gasteiger partial charge in [-0.2, -0.15) is 0 Å². The molecule has 216 valence electrons. The second-order valence-corrected chi connectivity index (χ2v) is 13.1. The van der Waals surface area contributed by atoms with Gasteiger partial charge in [0, 0.05) is 26.7 Å². The number of halogens is 1. The number of anilines is 2. The Morgan fingerprint density at radius 3 is 1.96 bits per heavy atom. The van der Waals surface area contributed by atoms with E-state index in [9.17, 15) is 0 Å². The van der Waals surface area contributed by atoms with E-state index in [1.165, 1.54) is 60.4 Å². The highest BCUT2D eigenvalue weighted by molar-refractivity contribution is 9.10. The predicted octanol–water partition coefficient (Wildman–Crippen LogP) is 12.5. The van der Waals surface area contributed by atoms with Crippen LogP contribution in [0.15, 0.2) is 174 Å². The van der Waals surface area contributed by atoms with Crippen molar-refractivity contribution in [3.05, 3.63) is 180 Å². The molecule has 0 saturated heterocycles. The van der Waals surface area contributed by atoms with Gasteiger partial charge < -0.3 is 4.90 Å². The van der Waals surface area contributed by atoms with Gasteiger partial charge in [0.1, 0.15) is 0 Å². The Morgan fingerprint density at radius 1 is 0.578 bits per heavy atom. The van der Waals surface area contributed by atoms with Gasteiger partial charge in [0.15, 0.2) is 0 Å². The lowest BCUT2D eigenvalue weighted by Crippen LogP contribution is -2.24. The third-order valence-corrected chi connectivity index (χ3v) is 9.84. The zero-order valence-electron chi connectivity index (χ0n) is 25.1. The number of hydrogen-bond donors (Lipinski definition) is 0. The quantitative estimate of drug-likeness (QED) is 0.169. The summed E-state index contributed by atoms with van der Waals surface area (Å²) in [5.41, 5.74) is 7.20. The van der Waals surface area contributed by atoms with Gasteiger partial charge in [0.25, 0.3) is 0 Å². The van der Waals surface area contributed by atoms with Gasteiger partial charge in [-0.25, -0.2) is 0 Å². The normalized spacial score (nSPS) is 16.3. The molecule has 0 aliphatic heterocycles. The smallest absolute Gasteiger partial charge is 0.0546 e. The van der Waals surface area contributed by atoms with Crippen LogP contribution in [0.25, 0.3) is 43.4 Å². The number of fused-ring (bicyclic) bond motifs is 4. The molecule has 0 amide bonds. The Hall–Kier alpha value is -4.92. The summed E-state index contributed by atoms with van der Waals surface area (Å²) in [5, 5.41) is 7.55. The van der Waals surface area contributed by atoms with E-state index in [4.69, 9.17) is 0 Å². The standard InChI is InChI=1S/C43H32BrN/c1-43(35-18-20-36(44)21-19-35)26-24-38(25-27-43)45(42-29-34-10-4-5-11-39(34)40-12-6-7-13-41(40)42)37-22-16-31(17-23-37)33-15-14-30-8-2-3-9-32(30)28-33/h2-26,28-29H,27H2,1H3. The lowest BCUT2D eigenvalue weighted by atomic mass is 9.77. The average molecular weight is 643 g/mol. The van der Waals surface area contributed by atoms with E-state index in [0.29, 0.717) is 0 Å². The molecule has 0 fully saturated rings. The number of hydrogen-bond acceptors (Lipinski definition) is 1. The summed E-state index contributed by atoms with van der Waals surface area (Å²) in [6.45, 7) is 2.33. The predicted molar refractivity (Wildman–Crippen MR) is 196 cm³/mol. The van der Waals surface area contributed by atoms with Gasteiger partial charge in [-0.1, -0.05) is 144 Å². The van der Waals surface area contributed by atoms with Crippen LogP contribution >= 0.6 is 15.9 Å². The van der Waals surface area contributed by atoms with Crippen molar-refractivity contribution < 1.29 is 0 Å². The highest BCUT2D eigenvalue weighted by Gasteiger charge is 2.27. The number of benzene rings is 7. The van der Waals surface area contributed by atoms with Crippen molar-refractivity contribution in [2.45, 2.75) is 18.8 Å². The van der Waals surface area contributed by atoms with Gasteiger partial charge in [0.2, 0.25) is 0 Å². The van der Waals surface area contributed by atoms with Crippen molar-refractivity contribution in [3.63, 3.8) is 0 Å². The molecule has 1 atom stereocenters. The van der Waals surface area contributed by atoms with Crippen molar-refractivity contribution in [1.82, 2.24) is 0 Å². The molecule has 0 heterocycles. The van der Waals surface area contributed by atoms with E-state index in [1.54, 1.807) is 0 Å². The Kier molecular flexibility index (Phi) is 6.88. The van der Waals surface area contributed by atoms with Crippen LogP contribution in [0.3, 0.4) is 0 Å². The number of rotatable bonds is 5. The van der Waals surface area contributed by atoms with Gasteiger partial charge in [-0.05, 0) is 92.5 Å². The number of nitrogens with zero attached hydrogens (tertiary/aromatic N) is 1. The molecule has 0 spiro atoms. The summed E-state index contributed by atoms with van der Waals surface area (Å²) in [4.78, 5) is 2.44. The fourth-order valence-electron chi connectivity index (χ4n) is 6.75. The zero-order valence-corrected chi connectivity index (χ0v) is 26.7. The van der Waals surface area contributed by atoms with Gasteiger partial charge in [-0.3, -0.25) is 0 Å². The van der Waals surface area contributed by atoms with Crippen molar-refractivity contribution >= 4 is 59.6 Å². The molecule has 8 rings (SSSR count). The minimum absolute atomic E-state index is 0.0682. The molecule has 0 radical (unpaired) electrons. The van der Waals surface area contributed by atoms with Crippen LogP contribution in [0, 0.1) is 0 Å². The Labute approximate surface area is 272 Å². The fraction of sp³-hybridized carbons (Fsp3) is 0.0698. The summed E-state index contributed by atoms with van der Waals surface area (Å²) < 4.78 is 1.10. The maximum Gasteiger partial charge on any atom is 0.0546 e. The first-order chi connectivity index (χ1) is 22.1. The minimum atomic E-state index is -0.0682. The van der Waals surface area contributed by atoms with Crippen molar-refractivity contribution in [1.29, 1.82) is 0 Å². The minimum Gasteiger partial charge on any atom is -0.310 e. The van der Waals surface area contributed by atoms with E-state index in [2.05, 4.69) is 192 Å². The summed E-state index contributed by atoms with van der Waals surface area (Å²) in [6, 6.07) is 52.9. The van der Waals surface area contributed by atoms with Crippen LogP contribution in [0.5, 0.6) is 0 Å². The first kappa shape index (κ1) is 27.6. The fourth-order valence-corrected chi connectivity index (χ4v) is 7.02. The molecule has 2 heteroatoms. The topological polar surface area (TPSA) is 3.24 Å². The Bertz CT molecular complexity index is 2260. The molecule has 1 aliphatic rings. The molecule has 0 bridgehead atoms. The maximum atomic E-state index is 3.60. The van der Waals surface area contributed by atoms with Crippen LogP contribution in [-0.2, 0) is 5.41 Å². The monoisotopic (exact) mass is 641 g/mol. The lowest BCUT2D eigenvalue weighted by Gasteiger charge is -2.34. The van der Waals surface area contributed by atoms with Gasteiger partial charge >= 0.3 is 0 Å². The van der Waals surface area contributed by atoms with Crippen molar-refractivity contribution in [3.8, 4) is 11.1 Å². The Morgan fingerprint density at radius 2 is 1.22 bits per heavy atom. The summed E-state index contributed by atoms with van der Waals surface area (Å²) >= 11 is 3.60. The third-order valence-electron chi connectivity index (χ3n) is 9.31. The van der Waals surface area contributed by atoms with E-state index < -0.39 is 0 Å². The first-order valence-corrected chi connectivity index (χ1v) is 16.3. The largest absolute Gasteiger partial charge is 0.310 e. The van der Waals surface area contributed by atoms with E-state index in [1.807, 2.05) is 0 Å². The number of allylic oxidation sites excluding steroid dienone is 3. The van der Waals surface area contributed by atoms with E-state index in [0.717, 1.165) is 16.6 Å². The van der Waals surface area contributed by atoms with Crippen LogP contribution in [0.4, 0.5) is 11.4 Å². The molecule has 0 aromatic heterocycles. The second-order valence-electron chi connectivity index (χ2n) is 12.2. The Balaban J connectivity index is 1.26. The molecule has 1 nitrogen and oxygen atoms in total. The summed E-state index contributed by atoms with van der Waals surface area (Å²) in [7, 11) is 0. The molecule has 0 saturated carbocycles. The van der Waals surface area contributed by atoms with E-state index >= 15 is 0 Å². The van der Waals surface area contributed by atoms with Crippen LogP contribution in [0.2, 0.25) is 0 Å². The third kappa shape index (κ3) is 5.06. The van der Waals surface area contributed by atoms with Crippen LogP contribution < -0.4 is 4.90 Å². The molecular weight excluding hydrogens is 610 g/mol. The zero-order chi connectivity index (χ0) is 30.4. The molecule has 0 N–H and O–H groups in total. The van der Waals surface area contributed by atoms with Crippen molar-refractivity contribution in [2.24, 2.45) is 0 Å². The highest BCUT2D eigenvalue weighted by atomic mass is 79.9. The van der Waals surface area contributed by atoms with Gasteiger partial charge in [-0.15, -0.1) is 0 Å². The second kappa shape index (κ2) is 11.2. The van der Waals surface area contributed by atoms with Crippen LogP contribution in [0.1, 0.15) is 18.9 Å². The van der Waals surface area contributed by atoms with Gasteiger partial charge in [0.05, 0.1) is 5.69 Å². The van der Waals surface area contributed by atoms with E-state index in [-0.39, 0.29) is 5.41 Å². The maximum absolute atomic E-state index is 3.60. The lowest BCUT2D eigenvalue weighted by molar-refractivity contribution is 0.595. The average Bonchev–Trinajstić information content (AvgIpc) is 3.09. The SMILES string of the molecule is CC1(c2ccc(Br)cc2)C=CC(N(c2ccc(-c3ccc4ccccc4c3)cc2)c2cc3ccccc3c3ccccc23)=CC1. The summed E-state index contributed by atoms with van der Waals surface area (Å²) in [6.07, 6.45) is 8.01. The highest BCUT2D eigenvalue weighted by Crippen LogP contribution is 2.43. The van der Waals surface area contributed by atoms with Crippen LogP contribution in [-0.4, -0.2) is 0 Å². The molecule has 1 aliphatic carbocycles. The molecule has 45 heavy (non-hydrogen) atoms. The summed E-state index contributed by atoms with van der Waals surface area (Å²) in [5.74, 6) is 0. The molecular formula is C43H32BrN. The van der Waals surface area contributed by atoms with Crippen molar-refractivity contribution in [2.75, 3.05) is 4.90 Å². The molecule has 1 unspecified atom stereocenters. The molecule has 7 aromatic carbocycles. The molecule has 7 aromatic rings. The first-order valence-electron chi connectivity index (χ1n) is 15.5.